The van der Waals surface area contributed by atoms with Crippen LogP contribution in [-0.4, -0.2) is 34.3 Å². The summed E-state index contributed by atoms with van der Waals surface area (Å²) in [6.45, 7) is 6.77. The maximum absolute atomic E-state index is 11.7. The molecular formula is C24H34N2O4S. The molecule has 0 bridgehead atoms. The lowest BCUT2D eigenvalue weighted by Gasteiger charge is -2.43. The van der Waals surface area contributed by atoms with Crippen LogP contribution in [0.1, 0.15) is 63.6 Å². The van der Waals surface area contributed by atoms with E-state index in [1.807, 2.05) is 56.3 Å². The molecule has 0 amide bonds. The highest BCUT2D eigenvalue weighted by molar-refractivity contribution is 8.25. The van der Waals surface area contributed by atoms with Gasteiger partial charge in [0, 0.05) is 19.0 Å². The highest BCUT2D eigenvalue weighted by Crippen LogP contribution is 2.59. The van der Waals surface area contributed by atoms with Crippen LogP contribution < -0.4 is 9.62 Å². The van der Waals surface area contributed by atoms with Crippen LogP contribution in [0.2, 0.25) is 0 Å². The molecule has 0 fully saturated rings. The number of ether oxygens (including phenoxy) is 1. The number of nitrogens with zero attached hydrogens (tertiary/aromatic N) is 1. The molecule has 2 aromatic rings. The van der Waals surface area contributed by atoms with Crippen LogP contribution in [0.15, 0.2) is 53.4 Å². The van der Waals surface area contributed by atoms with Crippen LogP contribution in [-0.2, 0) is 9.53 Å². The average Bonchev–Trinajstić information content (AvgIpc) is 2.84. The number of rotatable bonds is 9. The maximum Gasteiger partial charge on any atom is 0.305 e. The molecule has 0 radical (unpaired) electrons. The SMILES string of the molecule is CCOC(=O)CCCC(CC)NC1c2ccccc2N(CC)S(O)(O)c2ccccc21. The third-order valence-corrected chi connectivity index (χ3v) is 7.80. The first-order valence-electron chi connectivity index (χ1n) is 11.1. The standard InChI is InChI=1S/C24H34N2O4S/c1-4-18(12-11-17-23(27)30-6-3)25-24-19-13-7-9-15-21(19)26(5-2)31(28,29)22-16-10-8-14-20(22)24/h7-10,13-16,18,24-25,28-29H,4-6,11-12,17H2,1-3H3. The predicted molar refractivity (Wildman–Crippen MR) is 127 cm³/mol. The van der Waals surface area contributed by atoms with Gasteiger partial charge in [-0.3, -0.25) is 18.2 Å². The Kier molecular flexibility index (Phi) is 8.00. The van der Waals surface area contributed by atoms with Gasteiger partial charge < -0.3 is 10.1 Å². The van der Waals surface area contributed by atoms with E-state index in [0.29, 0.717) is 24.5 Å². The fourth-order valence-corrected chi connectivity index (χ4v) is 6.05. The first-order valence-corrected chi connectivity index (χ1v) is 12.6. The molecule has 0 spiro atoms. The Morgan fingerprint density at radius 3 is 2.45 bits per heavy atom. The first-order chi connectivity index (χ1) is 14.9. The number of benzene rings is 2. The molecular weight excluding hydrogens is 412 g/mol. The first kappa shape index (κ1) is 23.6. The number of para-hydroxylation sites is 1. The van der Waals surface area contributed by atoms with Crippen molar-refractivity contribution >= 4 is 22.4 Å². The summed E-state index contributed by atoms with van der Waals surface area (Å²) >= 11 is 0. The van der Waals surface area contributed by atoms with Crippen LogP contribution in [0.5, 0.6) is 0 Å². The summed E-state index contributed by atoms with van der Waals surface area (Å²) in [7, 11) is -3.16. The van der Waals surface area contributed by atoms with Crippen molar-refractivity contribution in [1.29, 1.82) is 0 Å². The van der Waals surface area contributed by atoms with Crippen LogP contribution in [0, 0.1) is 0 Å². The normalized spacial score (nSPS) is 19.0. The zero-order valence-corrected chi connectivity index (χ0v) is 19.4. The van der Waals surface area contributed by atoms with E-state index in [4.69, 9.17) is 4.74 Å². The van der Waals surface area contributed by atoms with E-state index in [1.54, 1.807) is 4.31 Å². The molecule has 0 aliphatic carbocycles. The summed E-state index contributed by atoms with van der Waals surface area (Å²) in [5.41, 5.74) is 2.74. The van der Waals surface area contributed by atoms with Gasteiger partial charge >= 0.3 is 5.97 Å². The van der Waals surface area contributed by atoms with Crippen molar-refractivity contribution in [2.24, 2.45) is 0 Å². The van der Waals surface area contributed by atoms with Crippen LogP contribution in [0.4, 0.5) is 5.69 Å². The second kappa shape index (κ2) is 10.5. The summed E-state index contributed by atoms with van der Waals surface area (Å²) in [4.78, 5) is 12.3. The third kappa shape index (κ3) is 5.06. The van der Waals surface area contributed by atoms with Gasteiger partial charge in [-0.1, -0.05) is 54.1 Å². The third-order valence-electron chi connectivity index (χ3n) is 5.77. The quantitative estimate of drug-likeness (QED) is 0.426. The lowest BCUT2D eigenvalue weighted by atomic mass is 9.94. The number of carbonyl (C=O) groups excluding carboxylic acids is 1. The smallest absolute Gasteiger partial charge is 0.305 e. The monoisotopic (exact) mass is 446 g/mol. The number of fused-ring (bicyclic) bond motifs is 2. The van der Waals surface area contributed by atoms with Crippen molar-refractivity contribution in [3.05, 3.63) is 59.7 Å². The van der Waals surface area contributed by atoms with Crippen LogP contribution in [0.3, 0.4) is 0 Å². The maximum atomic E-state index is 11.7. The molecule has 6 nitrogen and oxygen atoms in total. The van der Waals surface area contributed by atoms with Crippen LogP contribution in [0.25, 0.3) is 0 Å². The second-order valence-corrected chi connectivity index (χ2v) is 9.63. The summed E-state index contributed by atoms with van der Waals surface area (Å²) in [5.74, 6) is -0.157. The number of hydrogen-bond acceptors (Lipinski definition) is 6. The Labute approximate surface area is 187 Å². The molecule has 1 aliphatic heterocycles. The largest absolute Gasteiger partial charge is 0.466 e. The van der Waals surface area contributed by atoms with E-state index >= 15 is 0 Å². The minimum Gasteiger partial charge on any atom is -0.466 e. The molecule has 7 heteroatoms. The number of anilines is 1. The van der Waals surface area contributed by atoms with E-state index in [0.717, 1.165) is 36.1 Å². The molecule has 3 N–H and O–H groups in total. The Balaban J connectivity index is 1.94. The average molecular weight is 447 g/mol. The minimum atomic E-state index is -3.16. The lowest BCUT2D eigenvalue weighted by Crippen LogP contribution is -2.33. The molecule has 2 atom stereocenters. The predicted octanol–water partition coefficient (Wildman–Crippen LogP) is 5.74. The minimum absolute atomic E-state index is 0.157. The Bertz CT molecular complexity index is 889. The van der Waals surface area contributed by atoms with E-state index in [-0.39, 0.29) is 18.1 Å². The van der Waals surface area contributed by atoms with Crippen molar-refractivity contribution < 1.29 is 18.6 Å². The molecule has 3 rings (SSSR count). The van der Waals surface area contributed by atoms with Gasteiger partial charge in [0.05, 0.1) is 23.2 Å². The Morgan fingerprint density at radius 1 is 1.10 bits per heavy atom. The molecule has 2 unspecified atom stereocenters. The van der Waals surface area contributed by atoms with Gasteiger partial charge in [-0.25, -0.2) is 0 Å². The molecule has 1 aliphatic rings. The van der Waals surface area contributed by atoms with Gasteiger partial charge in [-0.05, 0) is 56.4 Å². The fourth-order valence-electron chi connectivity index (χ4n) is 4.25. The van der Waals surface area contributed by atoms with Crippen molar-refractivity contribution in [2.75, 3.05) is 17.5 Å². The number of esters is 1. The van der Waals surface area contributed by atoms with Gasteiger partial charge in [0.2, 0.25) is 0 Å². The van der Waals surface area contributed by atoms with Crippen molar-refractivity contribution in [1.82, 2.24) is 5.32 Å². The topological polar surface area (TPSA) is 82.0 Å². The highest BCUT2D eigenvalue weighted by atomic mass is 32.3. The van der Waals surface area contributed by atoms with Gasteiger partial charge in [-0.15, -0.1) is 0 Å². The van der Waals surface area contributed by atoms with Crippen molar-refractivity contribution in [2.45, 2.75) is 63.4 Å². The zero-order valence-electron chi connectivity index (χ0n) is 18.6. The molecule has 31 heavy (non-hydrogen) atoms. The Morgan fingerprint density at radius 2 is 1.77 bits per heavy atom. The molecule has 2 aromatic carbocycles. The molecule has 1 heterocycles. The molecule has 170 valence electrons. The van der Waals surface area contributed by atoms with Gasteiger partial charge in [0.15, 0.2) is 0 Å². The number of nitrogens with one attached hydrogen (secondary N) is 1. The van der Waals surface area contributed by atoms with E-state index in [9.17, 15) is 13.9 Å². The fraction of sp³-hybridized carbons (Fsp3) is 0.458. The Hall–Kier alpha value is -2.06. The highest BCUT2D eigenvalue weighted by Gasteiger charge is 2.36. The van der Waals surface area contributed by atoms with E-state index in [1.165, 1.54) is 0 Å². The number of hydrogen-bond donors (Lipinski definition) is 3. The van der Waals surface area contributed by atoms with Gasteiger partial charge in [0.1, 0.15) is 0 Å². The second-order valence-electron chi connectivity index (χ2n) is 7.71. The summed E-state index contributed by atoms with van der Waals surface area (Å²) in [6.07, 6.45) is 2.89. The summed E-state index contributed by atoms with van der Waals surface area (Å²) in [6, 6.07) is 15.5. The van der Waals surface area contributed by atoms with Gasteiger partial charge in [0.25, 0.3) is 0 Å². The van der Waals surface area contributed by atoms with E-state index in [2.05, 4.69) is 18.3 Å². The van der Waals surface area contributed by atoms with Crippen molar-refractivity contribution in [3.63, 3.8) is 0 Å². The zero-order chi connectivity index (χ0) is 22.4. The van der Waals surface area contributed by atoms with E-state index < -0.39 is 10.8 Å². The summed E-state index contributed by atoms with van der Waals surface area (Å²) in [5, 5.41) is 3.76. The van der Waals surface area contributed by atoms with Gasteiger partial charge in [-0.2, -0.15) is 0 Å². The number of carbonyl (C=O) groups is 1. The van der Waals surface area contributed by atoms with Crippen LogP contribution >= 0.6 is 10.8 Å². The lowest BCUT2D eigenvalue weighted by molar-refractivity contribution is -0.143. The molecule has 0 aromatic heterocycles. The molecule has 0 saturated carbocycles. The van der Waals surface area contributed by atoms with Crippen molar-refractivity contribution in [3.8, 4) is 0 Å². The molecule has 0 saturated heterocycles. The summed E-state index contributed by atoms with van der Waals surface area (Å²) < 4.78 is 29.3.